The van der Waals surface area contributed by atoms with Gasteiger partial charge >= 0.3 is 0 Å². The van der Waals surface area contributed by atoms with E-state index in [1.807, 2.05) is 0 Å². The predicted octanol–water partition coefficient (Wildman–Crippen LogP) is 1.88. The maximum Gasteiger partial charge on any atom is 0.123 e. The van der Waals surface area contributed by atoms with Crippen molar-refractivity contribution in [3.8, 4) is 5.75 Å². The van der Waals surface area contributed by atoms with E-state index >= 15 is 0 Å². The molecule has 124 valence electrons. The lowest BCUT2D eigenvalue weighted by Gasteiger charge is -2.40. The van der Waals surface area contributed by atoms with Crippen LogP contribution in [0.3, 0.4) is 0 Å². The standard InChI is InChI=1S/C17H27FN2O2/c1-12-10-20(3)13(2)8-17(12)19-9-15(21)11-22-16-6-4-14(18)5-7-16/h4-7,12-13,15,17,19,21H,8-11H2,1-3H3. The summed E-state index contributed by atoms with van der Waals surface area (Å²) in [6.07, 6.45) is 0.510. The number of nitrogens with one attached hydrogen (secondary N) is 1. The molecule has 0 radical (unpaired) electrons. The molecule has 0 spiro atoms. The van der Waals surface area contributed by atoms with Gasteiger partial charge in [-0.3, -0.25) is 0 Å². The number of likely N-dealkylation sites (tertiary alicyclic amines) is 1. The highest BCUT2D eigenvalue weighted by molar-refractivity contribution is 5.22. The molecule has 0 bridgehead atoms. The van der Waals surface area contributed by atoms with Gasteiger partial charge in [0.1, 0.15) is 24.3 Å². The third kappa shape index (κ3) is 4.93. The highest BCUT2D eigenvalue weighted by atomic mass is 19.1. The minimum absolute atomic E-state index is 0.204. The van der Waals surface area contributed by atoms with Gasteiger partial charge < -0.3 is 20.1 Å². The van der Waals surface area contributed by atoms with E-state index in [0.717, 1.165) is 13.0 Å². The lowest BCUT2D eigenvalue weighted by atomic mass is 9.90. The Balaban J connectivity index is 1.71. The van der Waals surface area contributed by atoms with E-state index in [-0.39, 0.29) is 12.4 Å². The monoisotopic (exact) mass is 310 g/mol. The van der Waals surface area contributed by atoms with Crippen LogP contribution in [0.5, 0.6) is 5.75 Å². The van der Waals surface area contributed by atoms with Gasteiger partial charge in [0.05, 0.1) is 0 Å². The lowest BCUT2D eigenvalue weighted by Crippen LogP contribution is -2.52. The number of aliphatic hydroxyl groups is 1. The fourth-order valence-corrected chi connectivity index (χ4v) is 2.90. The smallest absolute Gasteiger partial charge is 0.123 e. The molecule has 0 aromatic heterocycles. The molecule has 1 saturated heterocycles. The number of halogens is 1. The van der Waals surface area contributed by atoms with Crippen molar-refractivity contribution in [3.63, 3.8) is 0 Å². The number of ether oxygens (including phenoxy) is 1. The van der Waals surface area contributed by atoms with Gasteiger partial charge in [-0.2, -0.15) is 0 Å². The van der Waals surface area contributed by atoms with Crippen LogP contribution in [0.15, 0.2) is 24.3 Å². The van der Waals surface area contributed by atoms with E-state index in [9.17, 15) is 9.50 Å². The average molecular weight is 310 g/mol. The van der Waals surface area contributed by atoms with Gasteiger partial charge in [0.25, 0.3) is 0 Å². The molecule has 1 aromatic carbocycles. The van der Waals surface area contributed by atoms with Gasteiger partial charge in [-0.25, -0.2) is 4.39 Å². The number of aliphatic hydroxyl groups excluding tert-OH is 1. The van der Waals surface area contributed by atoms with Gasteiger partial charge in [0.15, 0.2) is 0 Å². The van der Waals surface area contributed by atoms with Crippen molar-refractivity contribution in [3.05, 3.63) is 30.1 Å². The third-order valence-corrected chi connectivity index (χ3v) is 4.48. The predicted molar refractivity (Wildman–Crippen MR) is 85.6 cm³/mol. The van der Waals surface area contributed by atoms with Gasteiger partial charge in [0.2, 0.25) is 0 Å². The second-order valence-corrected chi connectivity index (χ2v) is 6.44. The summed E-state index contributed by atoms with van der Waals surface area (Å²) in [5.41, 5.74) is 0. The van der Waals surface area contributed by atoms with Crippen LogP contribution in [0.4, 0.5) is 4.39 Å². The van der Waals surface area contributed by atoms with E-state index < -0.39 is 6.10 Å². The molecule has 4 unspecified atom stereocenters. The Morgan fingerprint density at radius 1 is 1.36 bits per heavy atom. The molecule has 0 aliphatic carbocycles. The Bertz CT molecular complexity index is 454. The number of hydrogen-bond donors (Lipinski definition) is 2. The maximum absolute atomic E-state index is 12.8. The summed E-state index contributed by atoms with van der Waals surface area (Å²) >= 11 is 0. The fourth-order valence-electron chi connectivity index (χ4n) is 2.90. The molecular formula is C17H27FN2O2. The molecule has 5 heteroatoms. The summed E-state index contributed by atoms with van der Waals surface area (Å²) in [6.45, 7) is 6.25. The molecule has 4 nitrogen and oxygen atoms in total. The van der Waals surface area contributed by atoms with Crippen LogP contribution in [0.1, 0.15) is 20.3 Å². The van der Waals surface area contributed by atoms with Gasteiger partial charge in [-0.05, 0) is 50.6 Å². The molecular weight excluding hydrogens is 283 g/mol. The highest BCUT2D eigenvalue weighted by Crippen LogP contribution is 2.20. The molecule has 0 saturated carbocycles. The van der Waals surface area contributed by atoms with E-state index in [4.69, 9.17) is 4.74 Å². The number of nitrogens with zero attached hydrogens (tertiary/aromatic N) is 1. The zero-order chi connectivity index (χ0) is 16.1. The zero-order valence-corrected chi connectivity index (χ0v) is 13.6. The number of piperidine rings is 1. The summed E-state index contributed by atoms with van der Waals surface area (Å²) in [6, 6.07) is 6.81. The van der Waals surface area contributed by atoms with Crippen LogP contribution < -0.4 is 10.1 Å². The van der Waals surface area contributed by atoms with Gasteiger partial charge in [-0.1, -0.05) is 6.92 Å². The topological polar surface area (TPSA) is 44.7 Å². The molecule has 4 atom stereocenters. The largest absolute Gasteiger partial charge is 0.491 e. The molecule has 22 heavy (non-hydrogen) atoms. The van der Waals surface area contributed by atoms with Crippen molar-refractivity contribution >= 4 is 0 Å². The van der Waals surface area contributed by atoms with Crippen molar-refractivity contribution in [2.75, 3.05) is 26.7 Å². The maximum atomic E-state index is 12.8. The Morgan fingerprint density at radius 2 is 2.05 bits per heavy atom. The van der Waals surface area contributed by atoms with Crippen LogP contribution in [-0.4, -0.2) is 54.9 Å². The van der Waals surface area contributed by atoms with Gasteiger partial charge in [-0.15, -0.1) is 0 Å². The summed E-state index contributed by atoms with van der Waals surface area (Å²) in [7, 11) is 2.16. The quantitative estimate of drug-likeness (QED) is 0.842. The van der Waals surface area contributed by atoms with E-state index in [1.54, 1.807) is 12.1 Å². The van der Waals surface area contributed by atoms with Crippen molar-refractivity contribution in [2.24, 2.45) is 5.92 Å². The lowest BCUT2D eigenvalue weighted by molar-refractivity contribution is 0.0827. The summed E-state index contributed by atoms with van der Waals surface area (Å²) in [5.74, 6) is 0.841. The SMILES string of the molecule is CC1CN(C)C(C)CC1NCC(O)COc1ccc(F)cc1. The first-order chi connectivity index (χ1) is 10.5. The van der Waals surface area contributed by atoms with Crippen molar-refractivity contribution in [2.45, 2.75) is 38.5 Å². The molecule has 1 heterocycles. The van der Waals surface area contributed by atoms with E-state index in [1.165, 1.54) is 12.1 Å². The molecule has 1 aliphatic rings. The second kappa shape index (κ2) is 7.90. The van der Waals surface area contributed by atoms with Crippen LogP contribution in [0.2, 0.25) is 0 Å². The first-order valence-corrected chi connectivity index (χ1v) is 7.95. The van der Waals surface area contributed by atoms with Crippen molar-refractivity contribution < 1.29 is 14.2 Å². The normalized spacial score (nSPS) is 27.6. The third-order valence-electron chi connectivity index (χ3n) is 4.48. The highest BCUT2D eigenvalue weighted by Gasteiger charge is 2.28. The second-order valence-electron chi connectivity index (χ2n) is 6.44. The first-order valence-electron chi connectivity index (χ1n) is 7.95. The summed E-state index contributed by atoms with van der Waals surface area (Å²) in [5, 5.41) is 13.5. The van der Waals surface area contributed by atoms with E-state index in [2.05, 4.69) is 31.1 Å². The Hall–Kier alpha value is -1.17. The van der Waals surface area contributed by atoms with Crippen molar-refractivity contribution in [1.82, 2.24) is 10.2 Å². The Morgan fingerprint density at radius 3 is 2.73 bits per heavy atom. The minimum atomic E-state index is -0.577. The zero-order valence-electron chi connectivity index (χ0n) is 13.6. The Labute approximate surface area is 132 Å². The van der Waals surface area contributed by atoms with Crippen LogP contribution in [0, 0.1) is 11.7 Å². The molecule has 2 N–H and O–H groups in total. The minimum Gasteiger partial charge on any atom is -0.491 e. The van der Waals surface area contributed by atoms with Crippen molar-refractivity contribution in [1.29, 1.82) is 0 Å². The Kier molecular flexibility index (Phi) is 6.17. The van der Waals surface area contributed by atoms with E-state index in [0.29, 0.717) is 30.3 Å². The summed E-state index contributed by atoms with van der Waals surface area (Å²) in [4.78, 5) is 2.37. The average Bonchev–Trinajstić information content (AvgIpc) is 2.49. The number of rotatable bonds is 6. The van der Waals surface area contributed by atoms with Crippen LogP contribution >= 0.6 is 0 Å². The van der Waals surface area contributed by atoms with Crippen LogP contribution in [-0.2, 0) is 0 Å². The molecule has 1 aliphatic heterocycles. The number of benzene rings is 1. The molecule has 0 amide bonds. The van der Waals surface area contributed by atoms with Crippen LogP contribution in [0.25, 0.3) is 0 Å². The fraction of sp³-hybridized carbons (Fsp3) is 0.647. The summed E-state index contributed by atoms with van der Waals surface area (Å²) < 4.78 is 18.3. The number of hydrogen-bond acceptors (Lipinski definition) is 4. The molecule has 1 aromatic rings. The van der Waals surface area contributed by atoms with Gasteiger partial charge in [0, 0.05) is 25.2 Å². The molecule has 1 fully saturated rings. The first kappa shape index (κ1) is 17.2. The molecule has 2 rings (SSSR count).